The molecule has 0 amide bonds. The molecule has 1 heterocycles. The third-order valence-corrected chi connectivity index (χ3v) is 0.504. The van der Waals surface area contributed by atoms with Gasteiger partial charge in [0.1, 0.15) is 6.33 Å². The zero-order chi connectivity index (χ0) is 7.11. The van der Waals surface area contributed by atoms with Crippen LogP contribution < -0.4 is 5.69 Å². The normalized spacial score (nSPS) is 7.33. The fraction of sp³-hybridized carbons (Fsp3) is 0.400. The van der Waals surface area contributed by atoms with Crippen LogP contribution in [0, 0.1) is 0 Å². The number of H-pyrrole nitrogens is 1. The van der Waals surface area contributed by atoms with E-state index in [0.29, 0.717) is 0 Å². The molecule has 0 saturated carbocycles. The molecule has 4 nitrogen and oxygen atoms in total. The van der Waals surface area contributed by atoms with Gasteiger partial charge in [-0.25, -0.2) is 9.78 Å². The van der Waals surface area contributed by atoms with Crippen molar-refractivity contribution in [2.24, 2.45) is 0 Å². The second-order valence-electron chi connectivity index (χ2n) is 0.972. The van der Waals surface area contributed by atoms with E-state index in [-0.39, 0.29) is 5.69 Å². The van der Waals surface area contributed by atoms with E-state index in [0.717, 1.165) is 0 Å². The summed E-state index contributed by atoms with van der Waals surface area (Å²) in [4.78, 5) is 19.1. The number of aromatic nitrogens is 3. The smallest absolute Gasteiger partial charge is 0.296 e. The lowest BCUT2D eigenvalue weighted by Gasteiger charge is -1.72. The maximum atomic E-state index is 10.1. The van der Waals surface area contributed by atoms with Crippen molar-refractivity contribution < 1.29 is 0 Å². The number of rotatable bonds is 0. The van der Waals surface area contributed by atoms with Gasteiger partial charge in [0.25, 0.3) is 0 Å². The van der Waals surface area contributed by atoms with Gasteiger partial charge in [0.05, 0.1) is 6.33 Å². The van der Waals surface area contributed by atoms with Crippen molar-refractivity contribution >= 4 is 0 Å². The molecule has 0 unspecified atom stereocenters. The van der Waals surface area contributed by atoms with E-state index >= 15 is 0 Å². The van der Waals surface area contributed by atoms with E-state index in [2.05, 4.69) is 15.0 Å². The molecular formula is C5H9N3O. The predicted octanol–water partition coefficient (Wildman–Crippen LogP) is 0.191. The Morgan fingerprint density at radius 3 is 2.44 bits per heavy atom. The van der Waals surface area contributed by atoms with Crippen LogP contribution in [0.2, 0.25) is 0 Å². The van der Waals surface area contributed by atoms with Crippen molar-refractivity contribution in [2.45, 2.75) is 13.8 Å². The van der Waals surface area contributed by atoms with Crippen LogP contribution in [0.4, 0.5) is 0 Å². The number of aromatic amines is 1. The van der Waals surface area contributed by atoms with Crippen molar-refractivity contribution in [3.63, 3.8) is 0 Å². The summed E-state index contributed by atoms with van der Waals surface area (Å²) in [6.07, 6.45) is 2.48. The molecule has 1 aromatic rings. The Balaban J connectivity index is 0.000000291. The standard InChI is InChI=1S/C3H3N3O.C2H6/c7-3-5-1-4-2-6-3;1-2/h1-2H,(H,4,5,6,7);1-2H3. The SMILES string of the molecule is CC.O=c1ncnc[nH]1. The van der Waals surface area contributed by atoms with Gasteiger partial charge >= 0.3 is 5.69 Å². The zero-order valence-electron chi connectivity index (χ0n) is 5.46. The van der Waals surface area contributed by atoms with Gasteiger partial charge in [0.15, 0.2) is 0 Å². The summed E-state index contributed by atoms with van der Waals surface area (Å²) in [6.45, 7) is 4.00. The molecule has 1 N–H and O–H groups in total. The van der Waals surface area contributed by atoms with Gasteiger partial charge in [-0.15, -0.1) is 0 Å². The molecule has 0 aliphatic heterocycles. The van der Waals surface area contributed by atoms with Crippen molar-refractivity contribution in [1.29, 1.82) is 0 Å². The summed E-state index contributed by atoms with van der Waals surface area (Å²) in [5.41, 5.74) is -0.366. The van der Waals surface area contributed by atoms with E-state index in [1.807, 2.05) is 13.8 Å². The van der Waals surface area contributed by atoms with Gasteiger partial charge < -0.3 is 0 Å². The van der Waals surface area contributed by atoms with Crippen molar-refractivity contribution in [2.75, 3.05) is 0 Å². The zero-order valence-corrected chi connectivity index (χ0v) is 5.46. The molecule has 0 spiro atoms. The molecule has 1 rings (SSSR count). The van der Waals surface area contributed by atoms with Crippen LogP contribution >= 0.6 is 0 Å². The summed E-state index contributed by atoms with van der Waals surface area (Å²) in [6, 6.07) is 0. The van der Waals surface area contributed by atoms with Crippen LogP contribution in [0.3, 0.4) is 0 Å². The van der Waals surface area contributed by atoms with Gasteiger partial charge in [-0.3, -0.25) is 4.98 Å². The molecule has 0 atom stereocenters. The molecule has 1 aromatic heterocycles. The first-order valence-electron chi connectivity index (χ1n) is 2.74. The molecule has 0 saturated heterocycles. The summed E-state index contributed by atoms with van der Waals surface area (Å²) in [5.74, 6) is 0. The Morgan fingerprint density at radius 1 is 1.56 bits per heavy atom. The lowest BCUT2D eigenvalue weighted by molar-refractivity contribution is 0.985. The monoisotopic (exact) mass is 127 g/mol. The Labute approximate surface area is 53.0 Å². The number of hydrogen-bond acceptors (Lipinski definition) is 3. The highest BCUT2D eigenvalue weighted by Gasteiger charge is 1.71. The first-order chi connectivity index (χ1) is 4.39. The average molecular weight is 127 g/mol. The predicted molar refractivity (Wildman–Crippen MR) is 34.0 cm³/mol. The third-order valence-electron chi connectivity index (χ3n) is 0.504. The molecule has 0 fully saturated rings. The first kappa shape index (κ1) is 7.81. The van der Waals surface area contributed by atoms with Crippen LogP contribution in [0.1, 0.15) is 13.8 Å². The third kappa shape index (κ3) is 3.40. The van der Waals surface area contributed by atoms with Crippen molar-refractivity contribution in [1.82, 2.24) is 15.0 Å². The fourth-order valence-corrected chi connectivity index (χ4v) is 0.249. The lowest BCUT2D eigenvalue weighted by Crippen LogP contribution is -2.07. The Bertz CT molecular complexity index is 178. The summed E-state index contributed by atoms with van der Waals surface area (Å²) in [7, 11) is 0. The minimum Gasteiger partial charge on any atom is -0.296 e. The van der Waals surface area contributed by atoms with Crippen LogP contribution in [0.15, 0.2) is 17.4 Å². The molecule has 0 aliphatic carbocycles. The van der Waals surface area contributed by atoms with Crippen molar-refractivity contribution in [3.8, 4) is 0 Å². The topological polar surface area (TPSA) is 58.6 Å². The Hall–Kier alpha value is -1.19. The maximum Gasteiger partial charge on any atom is 0.347 e. The van der Waals surface area contributed by atoms with E-state index in [4.69, 9.17) is 0 Å². The average Bonchev–Trinajstić information content (AvgIpc) is 1.94. The molecule has 0 aliphatic rings. The highest BCUT2D eigenvalue weighted by Crippen LogP contribution is 1.49. The fourth-order valence-electron chi connectivity index (χ4n) is 0.249. The van der Waals surface area contributed by atoms with Gasteiger partial charge in [0, 0.05) is 0 Å². The van der Waals surface area contributed by atoms with Gasteiger partial charge in [0.2, 0.25) is 0 Å². The second kappa shape index (κ2) is 4.96. The lowest BCUT2D eigenvalue weighted by atomic mass is 11.0. The van der Waals surface area contributed by atoms with E-state index < -0.39 is 0 Å². The number of hydrogen-bond donors (Lipinski definition) is 1. The largest absolute Gasteiger partial charge is 0.347 e. The van der Waals surface area contributed by atoms with E-state index in [1.165, 1.54) is 12.7 Å². The molecule has 0 bridgehead atoms. The minimum absolute atomic E-state index is 0.366. The minimum atomic E-state index is -0.366. The summed E-state index contributed by atoms with van der Waals surface area (Å²) < 4.78 is 0. The summed E-state index contributed by atoms with van der Waals surface area (Å²) in [5, 5.41) is 0. The van der Waals surface area contributed by atoms with Gasteiger partial charge in [-0.2, -0.15) is 4.98 Å². The van der Waals surface area contributed by atoms with Crippen LogP contribution in [0.25, 0.3) is 0 Å². The first-order valence-corrected chi connectivity index (χ1v) is 2.74. The molecule has 9 heavy (non-hydrogen) atoms. The highest BCUT2D eigenvalue weighted by atomic mass is 16.1. The Morgan fingerprint density at radius 2 is 2.22 bits per heavy atom. The van der Waals surface area contributed by atoms with Crippen molar-refractivity contribution in [3.05, 3.63) is 23.1 Å². The number of nitrogens with one attached hydrogen (secondary N) is 1. The number of nitrogens with zero attached hydrogens (tertiary/aromatic N) is 2. The Kier molecular flexibility index (Phi) is 4.30. The molecule has 50 valence electrons. The molecule has 4 heteroatoms. The highest BCUT2D eigenvalue weighted by molar-refractivity contribution is 4.55. The molecule has 0 aromatic carbocycles. The van der Waals surface area contributed by atoms with Crippen LogP contribution in [-0.2, 0) is 0 Å². The molecule has 0 radical (unpaired) electrons. The van der Waals surface area contributed by atoms with Crippen LogP contribution in [-0.4, -0.2) is 15.0 Å². The van der Waals surface area contributed by atoms with Crippen LogP contribution in [0.5, 0.6) is 0 Å². The van der Waals surface area contributed by atoms with E-state index in [9.17, 15) is 4.79 Å². The second-order valence-corrected chi connectivity index (χ2v) is 0.972. The van der Waals surface area contributed by atoms with Gasteiger partial charge in [-0.05, 0) is 0 Å². The van der Waals surface area contributed by atoms with Gasteiger partial charge in [-0.1, -0.05) is 13.8 Å². The quantitative estimate of drug-likeness (QED) is 0.541. The van der Waals surface area contributed by atoms with E-state index in [1.54, 1.807) is 0 Å². The summed E-state index contributed by atoms with van der Waals surface area (Å²) >= 11 is 0. The maximum absolute atomic E-state index is 10.1. The molecular weight excluding hydrogens is 118 g/mol.